The van der Waals surface area contributed by atoms with E-state index in [-0.39, 0.29) is 11.4 Å². The summed E-state index contributed by atoms with van der Waals surface area (Å²) in [6.45, 7) is 0.508. The van der Waals surface area contributed by atoms with Gasteiger partial charge in [0.15, 0.2) is 6.61 Å². The summed E-state index contributed by atoms with van der Waals surface area (Å²) < 4.78 is 34.0. The largest absolute Gasteiger partial charge is 0.452 e. The Labute approximate surface area is 149 Å². The van der Waals surface area contributed by atoms with Crippen molar-refractivity contribution in [3.05, 3.63) is 59.7 Å². The second kappa shape index (κ2) is 8.94. The van der Waals surface area contributed by atoms with Gasteiger partial charge in [0, 0.05) is 0 Å². The van der Waals surface area contributed by atoms with Gasteiger partial charge in [-0.1, -0.05) is 38.1 Å². The Hall–Kier alpha value is -2.96. The van der Waals surface area contributed by atoms with Gasteiger partial charge in [0.25, 0.3) is 5.91 Å². The van der Waals surface area contributed by atoms with Crippen molar-refractivity contribution in [3.63, 3.8) is 0 Å². The Kier molecular flexibility index (Phi) is 6.66. The van der Waals surface area contributed by atoms with Crippen molar-refractivity contribution in [2.45, 2.75) is 26.4 Å². The quantitative estimate of drug-likeness (QED) is 0.749. The third-order valence-corrected chi connectivity index (χ3v) is 3.52. The van der Waals surface area contributed by atoms with Gasteiger partial charge >= 0.3 is 12.6 Å². The number of amides is 1. The van der Waals surface area contributed by atoms with E-state index in [0.29, 0.717) is 11.5 Å². The van der Waals surface area contributed by atoms with E-state index in [1.807, 2.05) is 26.0 Å². The number of rotatable bonds is 7. The fraction of sp³-hybridized carbons (Fsp3) is 0.263. The molecule has 2 rings (SSSR count). The summed E-state index contributed by atoms with van der Waals surface area (Å²) in [7, 11) is 0. The van der Waals surface area contributed by atoms with Crippen molar-refractivity contribution in [2.24, 2.45) is 0 Å². The second-order valence-electron chi connectivity index (χ2n) is 5.78. The first kappa shape index (κ1) is 19.4. The maximum absolute atomic E-state index is 12.4. The normalized spacial score (nSPS) is 10.7. The van der Waals surface area contributed by atoms with E-state index in [1.54, 1.807) is 18.2 Å². The first-order valence-corrected chi connectivity index (χ1v) is 7.97. The topological polar surface area (TPSA) is 64.6 Å². The molecule has 0 fully saturated rings. The molecule has 0 heterocycles. The lowest BCUT2D eigenvalue weighted by Gasteiger charge is -2.12. The van der Waals surface area contributed by atoms with Crippen LogP contribution in [0.3, 0.4) is 0 Å². The highest BCUT2D eigenvalue weighted by atomic mass is 19.3. The summed E-state index contributed by atoms with van der Waals surface area (Å²) in [4.78, 5) is 23.9. The molecule has 0 aliphatic rings. The Morgan fingerprint density at radius 1 is 1.04 bits per heavy atom. The standard InChI is InChI=1S/C19H19F2NO4/c1-12(2)13-7-9-14(10-8-13)18(24)25-11-17(23)22-15-5-3-4-6-16(15)26-19(20)21/h3-10,12,19H,11H2,1-2H3,(H,22,23). The van der Waals surface area contributed by atoms with Crippen LogP contribution in [0.15, 0.2) is 48.5 Å². The van der Waals surface area contributed by atoms with E-state index in [9.17, 15) is 18.4 Å². The van der Waals surface area contributed by atoms with Crippen LogP contribution in [0.25, 0.3) is 0 Å². The fourth-order valence-corrected chi connectivity index (χ4v) is 2.17. The summed E-state index contributed by atoms with van der Waals surface area (Å²) in [5.74, 6) is -1.15. The molecule has 138 valence electrons. The molecular formula is C19H19F2NO4. The lowest BCUT2D eigenvalue weighted by Crippen LogP contribution is -2.21. The minimum Gasteiger partial charge on any atom is -0.452 e. The van der Waals surface area contributed by atoms with E-state index >= 15 is 0 Å². The van der Waals surface area contributed by atoms with Gasteiger partial charge in [-0.2, -0.15) is 8.78 Å². The van der Waals surface area contributed by atoms with Crippen LogP contribution in [0, 0.1) is 0 Å². The number of esters is 1. The van der Waals surface area contributed by atoms with Gasteiger partial charge in [0.1, 0.15) is 5.75 Å². The van der Waals surface area contributed by atoms with E-state index in [1.165, 1.54) is 18.2 Å². The predicted molar refractivity (Wildman–Crippen MR) is 92.5 cm³/mol. The monoisotopic (exact) mass is 363 g/mol. The maximum Gasteiger partial charge on any atom is 0.387 e. The lowest BCUT2D eigenvalue weighted by atomic mass is 10.0. The molecule has 0 saturated heterocycles. The smallest absolute Gasteiger partial charge is 0.387 e. The fourth-order valence-electron chi connectivity index (χ4n) is 2.17. The molecule has 0 aliphatic carbocycles. The van der Waals surface area contributed by atoms with Crippen molar-refractivity contribution < 1.29 is 27.8 Å². The molecule has 0 unspecified atom stereocenters. The summed E-state index contributed by atoms with van der Waals surface area (Å²) in [5.41, 5.74) is 1.47. The number of hydrogen-bond acceptors (Lipinski definition) is 4. The zero-order valence-electron chi connectivity index (χ0n) is 14.4. The molecule has 0 bridgehead atoms. The van der Waals surface area contributed by atoms with Gasteiger partial charge in [0.2, 0.25) is 0 Å². The minimum absolute atomic E-state index is 0.0649. The van der Waals surface area contributed by atoms with Crippen LogP contribution < -0.4 is 10.1 Å². The highest BCUT2D eigenvalue weighted by molar-refractivity contribution is 5.96. The number of ether oxygens (including phenoxy) is 2. The first-order chi connectivity index (χ1) is 12.4. The number of carbonyl (C=O) groups is 2. The van der Waals surface area contributed by atoms with Crippen LogP contribution in [0.2, 0.25) is 0 Å². The van der Waals surface area contributed by atoms with Gasteiger partial charge in [-0.25, -0.2) is 4.79 Å². The van der Waals surface area contributed by atoms with Crippen LogP contribution in [0.1, 0.15) is 35.7 Å². The highest BCUT2D eigenvalue weighted by Crippen LogP contribution is 2.25. The molecule has 0 radical (unpaired) electrons. The predicted octanol–water partition coefficient (Wildman–Crippen LogP) is 4.21. The Morgan fingerprint density at radius 2 is 1.69 bits per heavy atom. The molecule has 26 heavy (non-hydrogen) atoms. The zero-order chi connectivity index (χ0) is 19.1. The Morgan fingerprint density at radius 3 is 2.31 bits per heavy atom. The summed E-state index contributed by atoms with van der Waals surface area (Å²) in [6, 6.07) is 12.6. The third-order valence-electron chi connectivity index (χ3n) is 3.52. The van der Waals surface area contributed by atoms with Crippen molar-refractivity contribution in [1.29, 1.82) is 0 Å². The minimum atomic E-state index is -3.01. The van der Waals surface area contributed by atoms with E-state index in [2.05, 4.69) is 10.1 Å². The van der Waals surface area contributed by atoms with Crippen LogP contribution in [0.5, 0.6) is 5.75 Å². The maximum atomic E-state index is 12.4. The van der Waals surface area contributed by atoms with Gasteiger partial charge in [-0.3, -0.25) is 4.79 Å². The van der Waals surface area contributed by atoms with Crippen molar-refractivity contribution >= 4 is 17.6 Å². The molecule has 5 nitrogen and oxygen atoms in total. The third kappa shape index (κ3) is 5.54. The van der Waals surface area contributed by atoms with Gasteiger partial charge in [-0.05, 0) is 35.7 Å². The van der Waals surface area contributed by atoms with E-state index in [4.69, 9.17) is 4.74 Å². The molecule has 0 aromatic heterocycles. The Bertz CT molecular complexity index is 760. The lowest BCUT2D eigenvalue weighted by molar-refractivity contribution is -0.119. The number of halogens is 2. The number of nitrogens with one attached hydrogen (secondary N) is 1. The van der Waals surface area contributed by atoms with E-state index < -0.39 is 25.1 Å². The van der Waals surface area contributed by atoms with Crippen LogP contribution in [-0.2, 0) is 9.53 Å². The first-order valence-electron chi connectivity index (χ1n) is 7.97. The average Bonchev–Trinajstić information content (AvgIpc) is 2.61. The molecule has 0 spiro atoms. The summed E-state index contributed by atoms with van der Waals surface area (Å²) in [6.07, 6.45) is 0. The average molecular weight is 363 g/mol. The molecule has 2 aromatic rings. The van der Waals surface area contributed by atoms with Gasteiger partial charge < -0.3 is 14.8 Å². The van der Waals surface area contributed by atoms with Crippen molar-refractivity contribution in [2.75, 3.05) is 11.9 Å². The molecule has 1 N–H and O–H groups in total. The number of alkyl halides is 2. The van der Waals surface area contributed by atoms with Crippen LogP contribution >= 0.6 is 0 Å². The SMILES string of the molecule is CC(C)c1ccc(C(=O)OCC(=O)Nc2ccccc2OC(F)F)cc1. The number of anilines is 1. The zero-order valence-corrected chi connectivity index (χ0v) is 14.4. The van der Waals surface area contributed by atoms with Gasteiger partial charge in [0.05, 0.1) is 11.3 Å². The number of para-hydroxylation sites is 2. The number of benzene rings is 2. The van der Waals surface area contributed by atoms with Crippen LogP contribution in [-0.4, -0.2) is 25.1 Å². The number of carbonyl (C=O) groups excluding carboxylic acids is 2. The Balaban J connectivity index is 1.91. The van der Waals surface area contributed by atoms with E-state index in [0.717, 1.165) is 5.56 Å². The molecule has 0 aliphatic heterocycles. The van der Waals surface area contributed by atoms with Crippen LogP contribution in [0.4, 0.5) is 14.5 Å². The number of hydrogen-bond donors (Lipinski definition) is 1. The molecule has 0 atom stereocenters. The molecular weight excluding hydrogens is 344 g/mol. The summed E-state index contributed by atoms with van der Waals surface area (Å²) in [5, 5.41) is 2.37. The van der Waals surface area contributed by atoms with Gasteiger partial charge in [-0.15, -0.1) is 0 Å². The highest BCUT2D eigenvalue weighted by Gasteiger charge is 2.14. The second-order valence-corrected chi connectivity index (χ2v) is 5.78. The van der Waals surface area contributed by atoms with Crippen molar-refractivity contribution in [1.82, 2.24) is 0 Å². The molecule has 2 aromatic carbocycles. The summed E-state index contributed by atoms with van der Waals surface area (Å²) >= 11 is 0. The molecule has 0 saturated carbocycles. The molecule has 1 amide bonds. The van der Waals surface area contributed by atoms with Crippen molar-refractivity contribution in [3.8, 4) is 5.75 Å². The molecule has 7 heteroatoms.